The minimum Gasteiger partial charge on any atom is -0.489 e. The predicted octanol–water partition coefficient (Wildman–Crippen LogP) is 6.54. The molecule has 0 bridgehead atoms. The summed E-state index contributed by atoms with van der Waals surface area (Å²) < 4.78 is 18.8. The Hall–Kier alpha value is -3.14. The maximum atomic E-state index is 13.1. The highest BCUT2D eigenvalue weighted by molar-refractivity contribution is 5.94. The topological polar surface area (TPSA) is 38.3 Å². The monoisotopic (exact) mass is 419 g/mol. The molecule has 1 atom stereocenters. The van der Waals surface area contributed by atoms with Crippen molar-refractivity contribution in [2.75, 3.05) is 0 Å². The standard InChI is InChI=1S/C27H30FNO2/c1-18(2)12-26(23-14-19(3)13-20(4)15-23)29-27(30)22-7-5-6-21(16-22)17-31-25-10-8-24(28)9-11-25/h5-11,13-16,18,26H,12,17H2,1-4H3,(H,29,30). The summed E-state index contributed by atoms with van der Waals surface area (Å²) in [6.45, 7) is 8.79. The van der Waals surface area contributed by atoms with E-state index in [1.165, 1.54) is 23.3 Å². The van der Waals surface area contributed by atoms with E-state index in [2.05, 4.69) is 51.2 Å². The van der Waals surface area contributed by atoms with Crippen molar-refractivity contribution in [1.29, 1.82) is 0 Å². The number of ether oxygens (including phenoxy) is 1. The molecule has 0 saturated heterocycles. The third kappa shape index (κ3) is 6.68. The quantitative estimate of drug-likeness (QED) is 0.450. The lowest BCUT2D eigenvalue weighted by molar-refractivity contribution is 0.0931. The number of nitrogens with one attached hydrogen (secondary N) is 1. The average molecular weight is 420 g/mol. The number of carbonyl (C=O) groups excluding carboxylic acids is 1. The van der Waals surface area contributed by atoms with Crippen molar-refractivity contribution in [3.63, 3.8) is 0 Å². The van der Waals surface area contributed by atoms with E-state index in [0.29, 0.717) is 23.8 Å². The molecule has 3 aromatic carbocycles. The molecule has 3 aromatic rings. The molecule has 31 heavy (non-hydrogen) atoms. The third-order valence-electron chi connectivity index (χ3n) is 5.07. The van der Waals surface area contributed by atoms with E-state index in [1.54, 1.807) is 12.1 Å². The fraction of sp³-hybridized carbons (Fsp3) is 0.296. The van der Waals surface area contributed by atoms with Gasteiger partial charge in [0.2, 0.25) is 0 Å². The highest BCUT2D eigenvalue weighted by Gasteiger charge is 2.18. The SMILES string of the molecule is Cc1cc(C)cc(C(CC(C)C)NC(=O)c2cccc(COc3ccc(F)cc3)c2)c1. The predicted molar refractivity (Wildman–Crippen MR) is 123 cm³/mol. The van der Waals surface area contributed by atoms with Gasteiger partial charge in [0.1, 0.15) is 18.2 Å². The maximum absolute atomic E-state index is 13.1. The van der Waals surface area contributed by atoms with Crippen LogP contribution in [0.25, 0.3) is 0 Å². The van der Waals surface area contributed by atoms with Crippen LogP contribution in [0.15, 0.2) is 66.7 Å². The molecule has 0 aliphatic carbocycles. The summed E-state index contributed by atoms with van der Waals surface area (Å²) in [4.78, 5) is 13.1. The molecule has 0 radical (unpaired) electrons. The number of amides is 1. The summed E-state index contributed by atoms with van der Waals surface area (Å²) in [7, 11) is 0. The average Bonchev–Trinajstić information content (AvgIpc) is 2.72. The third-order valence-corrected chi connectivity index (χ3v) is 5.07. The molecule has 1 amide bonds. The molecule has 0 spiro atoms. The zero-order valence-corrected chi connectivity index (χ0v) is 18.6. The first-order chi connectivity index (χ1) is 14.8. The van der Waals surface area contributed by atoms with Crippen LogP contribution in [0.4, 0.5) is 4.39 Å². The largest absolute Gasteiger partial charge is 0.489 e. The smallest absolute Gasteiger partial charge is 0.251 e. The lowest BCUT2D eigenvalue weighted by Crippen LogP contribution is -2.29. The summed E-state index contributed by atoms with van der Waals surface area (Å²) in [5.74, 6) is 0.629. The minimum absolute atomic E-state index is 0.0507. The fourth-order valence-electron chi connectivity index (χ4n) is 3.70. The maximum Gasteiger partial charge on any atom is 0.251 e. The number of benzene rings is 3. The lowest BCUT2D eigenvalue weighted by Gasteiger charge is -2.22. The molecule has 162 valence electrons. The zero-order chi connectivity index (χ0) is 22.4. The molecule has 1 N–H and O–H groups in total. The van der Waals surface area contributed by atoms with Crippen LogP contribution in [-0.4, -0.2) is 5.91 Å². The van der Waals surface area contributed by atoms with E-state index in [4.69, 9.17) is 4.74 Å². The number of aryl methyl sites for hydroxylation is 2. The molecular formula is C27H30FNO2. The Morgan fingerprint density at radius 1 is 0.968 bits per heavy atom. The van der Waals surface area contributed by atoms with Crippen LogP contribution < -0.4 is 10.1 Å². The molecule has 3 nitrogen and oxygen atoms in total. The van der Waals surface area contributed by atoms with Crippen LogP contribution in [-0.2, 0) is 6.61 Å². The summed E-state index contributed by atoms with van der Waals surface area (Å²) in [6, 6.07) is 19.7. The first-order valence-corrected chi connectivity index (χ1v) is 10.7. The molecule has 0 saturated carbocycles. The van der Waals surface area contributed by atoms with E-state index in [1.807, 2.05) is 24.3 Å². The van der Waals surface area contributed by atoms with Gasteiger partial charge in [0.15, 0.2) is 0 Å². The molecule has 0 aliphatic heterocycles. The van der Waals surface area contributed by atoms with Gasteiger partial charge in [0.05, 0.1) is 6.04 Å². The first kappa shape index (κ1) is 22.5. The van der Waals surface area contributed by atoms with Crippen molar-refractivity contribution < 1.29 is 13.9 Å². The number of carbonyl (C=O) groups is 1. The lowest BCUT2D eigenvalue weighted by atomic mass is 9.94. The van der Waals surface area contributed by atoms with Crippen molar-refractivity contribution in [3.8, 4) is 5.75 Å². The summed E-state index contributed by atoms with van der Waals surface area (Å²) in [5, 5.41) is 3.22. The first-order valence-electron chi connectivity index (χ1n) is 10.7. The van der Waals surface area contributed by atoms with Crippen molar-refractivity contribution in [3.05, 3.63) is 100 Å². The van der Waals surface area contributed by atoms with E-state index >= 15 is 0 Å². The highest BCUT2D eigenvalue weighted by Crippen LogP contribution is 2.24. The second-order valence-corrected chi connectivity index (χ2v) is 8.52. The van der Waals surface area contributed by atoms with Crippen LogP contribution in [0.5, 0.6) is 5.75 Å². The van der Waals surface area contributed by atoms with Crippen LogP contribution in [0, 0.1) is 25.6 Å². The number of rotatable bonds is 8. The van der Waals surface area contributed by atoms with E-state index in [9.17, 15) is 9.18 Å². The Morgan fingerprint density at radius 2 is 1.65 bits per heavy atom. The van der Waals surface area contributed by atoms with Gasteiger partial charge < -0.3 is 10.1 Å². The van der Waals surface area contributed by atoms with Crippen molar-refractivity contribution >= 4 is 5.91 Å². The molecule has 1 unspecified atom stereocenters. The molecule has 0 aliphatic rings. The Labute approximate surface area is 184 Å². The van der Waals surface area contributed by atoms with Gasteiger partial charge in [0, 0.05) is 5.56 Å². The molecule has 3 rings (SSSR count). The second-order valence-electron chi connectivity index (χ2n) is 8.52. The van der Waals surface area contributed by atoms with Crippen LogP contribution >= 0.6 is 0 Å². The summed E-state index contributed by atoms with van der Waals surface area (Å²) >= 11 is 0. The van der Waals surface area contributed by atoms with Gasteiger partial charge in [-0.25, -0.2) is 4.39 Å². The van der Waals surface area contributed by atoms with Gasteiger partial charge in [-0.3, -0.25) is 4.79 Å². The van der Waals surface area contributed by atoms with Crippen molar-refractivity contribution in [2.24, 2.45) is 5.92 Å². The zero-order valence-electron chi connectivity index (χ0n) is 18.6. The number of hydrogen-bond donors (Lipinski definition) is 1. The Morgan fingerprint density at radius 3 is 2.29 bits per heavy atom. The number of halogens is 1. The van der Waals surface area contributed by atoms with Gasteiger partial charge in [-0.1, -0.05) is 55.3 Å². The van der Waals surface area contributed by atoms with Gasteiger partial charge in [-0.2, -0.15) is 0 Å². The molecule has 0 heterocycles. The van der Waals surface area contributed by atoms with Gasteiger partial charge >= 0.3 is 0 Å². The van der Waals surface area contributed by atoms with Gasteiger partial charge in [-0.05, 0) is 73.7 Å². The second kappa shape index (κ2) is 10.3. The Bertz CT molecular complexity index is 1010. The minimum atomic E-state index is -0.300. The van der Waals surface area contributed by atoms with Crippen LogP contribution in [0.3, 0.4) is 0 Å². The highest BCUT2D eigenvalue weighted by atomic mass is 19.1. The van der Waals surface area contributed by atoms with E-state index in [-0.39, 0.29) is 17.8 Å². The molecular weight excluding hydrogens is 389 g/mol. The Balaban J connectivity index is 1.72. The number of hydrogen-bond acceptors (Lipinski definition) is 2. The molecule has 0 aromatic heterocycles. The molecule has 0 fully saturated rings. The van der Waals surface area contributed by atoms with Crippen molar-refractivity contribution in [1.82, 2.24) is 5.32 Å². The molecule has 4 heteroatoms. The van der Waals surface area contributed by atoms with Crippen LogP contribution in [0.1, 0.15) is 58.9 Å². The van der Waals surface area contributed by atoms with E-state index in [0.717, 1.165) is 17.5 Å². The van der Waals surface area contributed by atoms with Gasteiger partial charge in [0.25, 0.3) is 5.91 Å². The normalized spacial score (nSPS) is 11.9. The summed E-state index contributed by atoms with van der Waals surface area (Å²) in [5.41, 5.74) is 4.99. The summed E-state index contributed by atoms with van der Waals surface area (Å²) in [6.07, 6.45) is 0.863. The van der Waals surface area contributed by atoms with Gasteiger partial charge in [-0.15, -0.1) is 0 Å². The van der Waals surface area contributed by atoms with Crippen LogP contribution in [0.2, 0.25) is 0 Å². The fourth-order valence-corrected chi connectivity index (χ4v) is 3.70. The van der Waals surface area contributed by atoms with E-state index < -0.39 is 0 Å². The Kier molecular flexibility index (Phi) is 7.45. The van der Waals surface area contributed by atoms with Crippen molar-refractivity contribution in [2.45, 2.75) is 46.8 Å².